The van der Waals surface area contributed by atoms with Crippen molar-refractivity contribution in [3.05, 3.63) is 63.2 Å². The Morgan fingerprint density at radius 3 is 2.54 bits per heavy atom. The van der Waals surface area contributed by atoms with Gasteiger partial charge in [0.25, 0.3) is 11.5 Å². The zero-order chi connectivity index (χ0) is 27.5. The quantitative estimate of drug-likeness (QED) is 0.482. The van der Waals surface area contributed by atoms with E-state index in [4.69, 9.17) is 9.47 Å². The van der Waals surface area contributed by atoms with Gasteiger partial charge in [-0.25, -0.2) is 0 Å². The molecule has 2 saturated heterocycles. The molecule has 2 aliphatic heterocycles. The number of fused-ring (bicyclic) bond motifs is 1. The number of likely N-dealkylation sites (tertiary alicyclic amines) is 1. The van der Waals surface area contributed by atoms with E-state index in [-0.39, 0.29) is 29.8 Å². The molecule has 1 aromatic carbocycles. The van der Waals surface area contributed by atoms with E-state index in [1.165, 1.54) is 7.11 Å². The molecule has 2 N–H and O–H groups in total. The molecule has 4 heterocycles. The van der Waals surface area contributed by atoms with Crippen LogP contribution in [0.4, 0.5) is 0 Å². The molecule has 9 heteroatoms. The summed E-state index contributed by atoms with van der Waals surface area (Å²) in [4.78, 5) is 43.8. The average molecular weight is 535 g/mol. The molecule has 39 heavy (non-hydrogen) atoms. The second-order valence-electron chi connectivity index (χ2n) is 10.8. The van der Waals surface area contributed by atoms with Gasteiger partial charge < -0.3 is 29.2 Å². The lowest BCUT2D eigenvalue weighted by Gasteiger charge is -2.35. The number of carbonyl (C=O) groups is 2. The number of amides is 2. The van der Waals surface area contributed by atoms with Crippen LogP contribution in [0.25, 0.3) is 10.9 Å². The maximum Gasteiger partial charge on any atom is 0.256 e. The lowest BCUT2D eigenvalue weighted by molar-refractivity contribution is -0.140. The van der Waals surface area contributed by atoms with Crippen LogP contribution in [0.5, 0.6) is 5.75 Å². The van der Waals surface area contributed by atoms with Crippen LogP contribution < -0.4 is 15.6 Å². The summed E-state index contributed by atoms with van der Waals surface area (Å²) in [5.74, 6) is 1.04. The number of H-pyrrole nitrogens is 1. The van der Waals surface area contributed by atoms with Gasteiger partial charge in [-0.05, 0) is 57.6 Å². The smallest absolute Gasteiger partial charge is 0.256 e. The van der Waals surface area contributed by atoms with E-state index in [9.17, 15) is 14.4 Å². The fourth-order valence-electron chi connectivity index (χ4n) is 6.04. The standard InChI is InChI=1S/C30H38N4O5/c1-19-16-26(38-3)24(28(35)32-19)17-31-29(36)27-20(2)34(25-7-5-4-6-23(25)27)18-21-8-12-33(13-9-21)30(37)22-10-14-39-15-11-22/h4-7,16,21-22H,8-15,17-18H2,1-3H3,(H,31,36)(H,32,35). The second-order valence-corrected chi connectivity index (χ2v) is 10.8. The van der Waals surface area contributed by atoms with Crippen molar-refractivity contribution in [1.82, 2.24) is 19.8 Å². The molecule has 2 aromatic heterocycles. The third-order valence-corrected chi connectivity index (χ3v) is 8.27. The van der Waals surface area contributed by atoms with Gasteiger partial charge in [-0.15, -0.1) is 0 Å². The van der Waals surface area contributed by atoms with Crippen LogP contribution in [0.3, 0.4) is 0 Å². The summed E-state index contributed by atoms with van der Waals surface area (Å²) in [6.45, 7) is 7.55. The number of methoxy groups -OCH3 is 1. The summed E-state index contributed by atoms with van der Waals surface area (Å²) in [7, 11) is 1.52. The Kier molecular flexibility index (Phi) is 8.07. The highest BCUT2D eigenvalue weighted by Gasteiger charge is 2.30. The van der Waals surface area contributed by atoms with E-state index in [2.05, 4.69) is 20.9 Å². The van der Waals surface area contributed by atoms with E-state index in [0.29, 0.717) is 41.7 Å². The third kappa shape index (κ3) is 5.59. The van der Waals surface area contributed by atoms with Crippen LogP contribution in [-0.4, -0.2) is 59.7 Å². The fourth-order valence-corrected chi connectivity index (χ4v) is 6.04. The highest BCUT2D eigenvalue weighted by Crippen LogP contribution is 2.30. The average Bonchev–Trinajstić information content (AvgIpc) is 3.23. The van der Waals surface area contributed by atoms with Gasteiger partial charge in [-0.1, -0.05) is 18.2 Å². The summed E-state index contributed by atoms with van der Waals surface area (Å²) in [5.41, 5.74) is 3.36. The number of aromatic nitrogens is 2. The maximum atomic E-state index is 13.5. The van der Waals surface area contributed by atoms with Crippen LogP contribution in [0.1, 0.15) is 53.0 Å². The van der Waals surface area contributed by atoms with Crippen LogP contribution in [-0.2, 0) is 22.6 Å². The van der Waals surface area contributed by atoms with E-state index >= 15 is 0 Å². The molecule has 3 aromatic rings. The number of aryl methyl sites for hydroxylation is 1. The molecule has 5 rings (SSSR count). The van der Waals surface area contributed by atoms with Gasteiger partial charge in [-0.2, -0.15) is 0 Å². The number of nitrogens with one attached hydrogen (secondary N) is 2. The molecule has 0 saturated carbocycles. The molecular formula is C30H38N4O5. The molecule has 0 aliphatic carbocycles. The fraction of sp³-hybridized carbons (Fsp3) is 0.500. The minimum atomic E-state index is -0.270. The molecule has 0 spiro atoms. The Morgan fingerprint density at radius 2 is 1.82 bits per heavy atom. The summed E-state index contributed by atoms with van der Waals surface area (Å²) in [6.07, 6.45) is 3.53. The molecule has 208 valence electrons. The number of rotatable bonds is 7. The monoisotopic (exact) mass is 534 g/mol. The summed E-state index contributed by atoms with van der Waals surface area (Å²) >= 11 is 0. The van der Waals surface area contributed by atoms with Gasteiger partial charge in [0.2, 0.25) is 5.91 Å². The van der Waals surface area contributed by atoms with Crippen molar-refractivity contribution in [2.75, 3.05) is 33.4 Å². The van der Waals surface area contributed by atoms with Crippen molar-refractivity contribution in [2.24, 2.45) is 11.8 Å². The minimum absolute atomic E-state index is 0.0656. The summed E-state index contributed by atoms with van der Waals surface area (Å²) in [5, 5.41) is 3.84. The van der Waals surface area contributed by atoms with Crippen LogP contribution in [0.2, 0.25) is 0 Å². The highest BCUT2D eigenvalue weighted by molar-refractivity contribution is 6.08. The zero-order valence-electron chi connectivity index (χ0n) is 23.0. The van der Waals surface area contributed by atoms with Gasteiger partial charge in [0, 0.05) is 61.1 Å². The number of benzene rings is 1. The van der Waals surface area contributed by atoms with Crippen LogP contribution in [0.15, 0.2) is 35.1 Å². The summed E-state index contributed by atoms with van der Waals surface area (Å²) < 4.78 is 13.0. The Labute approximate surface area is 228 Å². The normalized spacial score (nSPS) is 16.9. The molecule has 0 unspecified atom stereocenters. The highest BCUT2D eigenvalue weighted by atomic mass is 16.5. The Bertz CT molecular complexity index is 1410. The van der Waals surface area contributed by atoms with Gasteiger partial charge in [-0.3, -0.25) is 14.4 Å². The van der Waals surface area contributed by atoms with Crippen molar-refractivity contribution >= 4 is 22.7 Å². The van der Waals surface area contributed by atoms with Crippen LogP contribution >= 0.6 is 0 Å². The predicted molar refractivity (Wildman–Crippen MR) is 149 cm³/mol. The first-order valence-electron chi connectivity index (χ1n) is 13.9. The Morgan fingerprint density at radius 1 is 1.10 bits per heavy atom. The van der Waals surface area contributed by atoms with Gasteiger partial charge >= 0.3 is 0 Å². The number of aromatic amines is 1. The number of pyridine rings is 1. The van der Waals surface area contributed by atoms with Crippen molar-refractivity contribution < 1.29 is 19.1 Å². The minimum Gasteiger partial charge on any atom is -0.496 e. The zero-order valence-corrected chi connectivity index (χ0v) is 23.0. The van der Waals surface area contributed by atoms with Crippen molar-refractivity contribution in [3.63, 3.8) is 0 Å². The molecular weight excluding hydrogens is 496 g/mol. The number of para-hydroxylation sites is 1. The van der Waals surface area contributed by atoms with E-state index in [1.807, 2.05) is 30.0 Å². The Hall–Kier alpha value is -3.59. The molecule has 0 bridgehead atoms. The number of ether oxygens (including phenoxy) is 2. The topological polar surface area (TPSA) is 106 Å². The lowest BCUT2D eigenvalue weighted by atomic mass is 9.93. The van der Waals surface area contributed by atoms with Crippen molar-refractivity contribution in [2.45, 2.75) is 52.6 Å². The SMILES string of the molecule is COc1cc(C)[nH]c(=O)c1CNC(=O)c1c(C)n(CC2CCN(C(=O)C3CCOCC3)CC2)c2ccccc12. The largest absolute Gasteiger partial charge is 0.496 e. The maximum absolute atomic E-state index is 13.5. The molecule has 2 amide bonds. The van der Waals surface area contributed by atoms with Gasteiger partial charge in [0.05, 0.1) is 24.8 Å². The number of nitrogens with zero attached hydrogens (tertiary/aromatic N) is 2. The Balaban J connectivity index is 1.30. The molecule has 2 aliphatic rings. The predicted octanol–water partition coefficient (Wildman–Crippen LogP) is 3.55. The van der Waals surface area contributed by atoms with E-state index in [1.54, 1.807) is 13.0 Å². The lowest BCUT2D eigenvalue weighted by Crippen LogP contribution is -2.43. The molecule has 0 radical (unpaired) electrons. The van der Waals surface area contributed by atoms with Crippen LogP contribution in [0, 0.1) is 25.7 Å². The molecule has 0 atom stereocenters. The summed E-state index contributed by atoms with van der Waals surface area (Å²) in [6, 6.07) is 9.71. The molecule has 2 fully saturated rings. The van der Waals surface area contributed by atoms with Gasteiger partial charge in [0.15, 0.2) is 0 Å². The van der Waals surface area contributed by atoms with E-state index in [0.717, 1.165) is 61.9 Å². The first-order chi connectivity index (χ1) is 18.9. The van der Waals surface area contributed by atoms with Crippen molar-refractivity contribution in [1.29, 1.82) is 0 Å². The number of piperidine rings is 1. The molecule has 9 nitrogen and oxygen atoms in total. The number of hydrogen-bond acceptors (Lipinski definition) is 5. The van der Waals surface area contributed by atoms with Gasteiger partial charge in [0.1, 0.15) is 5.75 Å². The number of carbonyl (C=O) groups excluding carboxylic acids is 2. The van der Waals surface area contributed by atoms with Crippen molar-refractivity contribution in [3.8, 4) is 5.75 Å². The van der Waals surface area contributed by atoms with E-state index < -0.39 is 0 Å². The third-order valence-electron chi connectivity index (χ3n) is 8.27. The second kappa shape index (κ2) is 11.7. The number of hydrogen-bond donors (Lipinski definition) is 2. The first-order valence-corrected chi connectivity index (χ1v) is 13.9. The first kappa shape index (κ1) is 27.0.